The fourth-order valence-corrected chi connectivity index (χ4v) is 1.33. The van der Waals surface area contributed by atoms with E-state index in [1.807, 2.05) is 0 Å². The van der Waals surface area contributed by atoms with E-state index in [-0.39, 0.29) is 11.6 Å². The Hall–Kier alpha value is -2.97. The first kappa shape index (κ1) is 12.5. The molecule has 0 amide bonds. The molecule has 98 valence electrons. The van der Waals surface area contributed by atoms with Crippen molar-refractivity contribution in [3.05, 3.63) is 45.8 Å². The standard InChI is InChI=1S/C10H11N7O2/c1-7-13-15-10(16(7)11)14-12-6-8-3-2-4-9(5-8)17(18)19/h2-6H,11H2,1H3,(H,14,15)/b12-6+. The smallest absolute Gasteiger partial charge is 0.270 e. The van der Waals surface area contributed by atoms with Crippen molar-refractivity contribution in [2.45, 2.75) is 6.92 Å². The number of aromatic nitrogens is 3. The van der Waals surface area contributed by atoms with Gasteiger partial charge in [-0.25, -0.2) is 10.1 Å². The molecular weight excluding hydrogens is 250 g/mol. The van der Waals surface area contributed by atoms with Crippen LogP contribution in [-0.2, 0) is 0 Å². The van der Waals surface area contributed by atoms with E-state index in [2.05, 4.69) is 20.7 Å². The summed E-state index contributed by atoms with van der Waals surface area (Å²) in [6.07, 6.45) is 1.43. The van der Waals surface area contributed by atoms with Crippen LogP contribution >= 0.6 is 0 Å². The molecule has 3 N–H and O–H groups in total. The summed E-state index contributed by atoms with van der Waals surface area (Å²) in [7, 11) is 0. The van der Waals surface area contributed by atoms with Gasteiger partial charge >= 0.3 is 0 Å². The molecule has 0 aliphatic carbocycles. The molecule has 0 bridgehead atoms. The number of nitro benzene ring substituents is 1. The first-order valence-corrected chi connectivity index (χ1v) is 5.28. The minimum absolute atomic E-state index is 0.00165. The van der Waals surface area contributed by atoms with E-state index in [0.29, 0.717) is 11.4 Å². The van der Waals surface area contributed by atoms with Crippen molar-refractivity contribution in [2.24, 2.45) is 5.10 Å². The van der Waals surface area contributed by atoms with E-state index >= 15 is 0 Å². The molecule has 1 heterocycles. The Kier molecular flexibility index (Phi) is 3.37. The monoisotopic (exact) mass is 261 g/mol. The number of nitro groups is 1. The van der Waals surface area contributed by atoms with E-state index in [1.165, 1.54) is 23.0 Å². The molecule has 9 nitrogen and oxygen atoms in total. The summed E-state index contributed by atoms with van der Waals surface area (Å²) in [6.45, 7) is 1.70. The molecule has 0 aliphatic heterocycles. The van der Waals surface area contributed by atoms with Crippen molar-refractivity contribution in [3.8, 4) is 0 Å². The van der Waals surface area contributed by atoms with E-state index in [4.69, 9.17) is 5.84 Å². The van der Waals surface area contributed by atoms with Crippen LogP contribution in [0.1, 0.15) is 11.4 Å². The zero-order valence-electron chi connectivity index (χ0n) is 10.0. The maximum atomic E-state index is 10.6. The third kappa shape index (κ3) is 2.83. The lowest BCUT2D eigenvalue weighted by Crippen LogP contribution is -2.13. The summed E-state index contributed by atoms with van der Waals surface area (Å²) in [5, 5.41) is 22.0. The predicted octanol–water partition coefficient (Wildman–Crippen LogP) is 0.655. The minimum atomic E-state index is -0.468. The van der Waals surface area contributed by atoms with Gasteiger partial charge in [-0.3, -0.25) is 10.1 Å². The first-order valence-electron chi connectivity index (χ1n) is 5.28. The van der Waals surface area contributed by atoms with Gasteiger partial charge in [0.05, 0.1) is 11.1 Å². The third-order valence-corrected chi connectivity index (χ3v) is 2.33. The summed E-state index contributed by atoms with van der Waals surface area (Å²) < 4.78 is 1.24. The van der Waals surface area contributed by atoms with Crippen LogP contribution in [0.3, 0.4) is 0 Å². The van der Waals surface area contributed by atoms with Crippen LogP contribution < -0.4 is 11.3 Å². The van der Waals surface area contributed by atoms with Crippen molar-refractivity contribution < 1.29 is 4.92 Å². The quantitative estimate of drug-likeness (QED) is 0.360. The van der Waals surface area contributed by atoms with Gasteiger partial charge in [0, 0.05) is 17.7 Å². The summed E-state index contributed by atoms with van der Waals surface area (Å²) in [6, 6.07) is 6.08. The van der Waals surface area contributed by atoms with Crippen LogP contribution in [-0.4, -0.2) is 26.0 Å². The Morgan fingerprint density at radius 2 is 2.32 bits per heavy atom. The molecule has 0 saturated heterocycles. The maximum absolute atomic E-state index is 10.6. The number of hydrazone groups is 1. The van der Waals surface area contributed by atoms with Gasteiger partial charge in [-0.1, -0.05) is 12.1 Å². The Labute approximate surface area is 107 Å². The number of nitrogen functional groups attached to an aromatic ring is 1. The zero-order chi connectivity index (χ0) is 13.8. The van der Waals surface area contributed by atoms with E-state index in [1.54, 1.807) is 19.1 Å². The van der Waals surface area contributed by atoms with Gasteiger partial charge in [0.2, 0.25) is 0 Å². The fraction of sp³-hybridized carbons (Fsp3) is 0.100. The molecule has 0 aliphatic rings. The number of hydrogen-bond donors (Lipinski definition) is 2. The highest BCUT2D eigenvalue weighted by Gasteiger charge is 2.05. The molecule has 19 heavy (non-hydrogen) atoms. The van der Waals surface area contributed by atoms with Gasteiger partial charge in [0.25, 0.3) is 11.6 Å². The Balaban J connectivity index is 2.09. The number of hydrogen-bond acceptors (Lipinski definition) is 7. The first-order chi connectivity index (χ1) is 9.08. The summed E-state index contributed by atoms with van der Waals surface area (Å²) in [5.74, 6) is 6.42. The van der Waals surface area contributed by atoms with Crippen LogP contribution in [0, 0.1) is 17.0 Å². The topological polar surface area (TPSA) is 124 Å². The van der Waals surface area contributed by atoms with Crippen LogP contribution in [0.15, 0.2) is 29.4 Å². The molecule has 2 aromatic rings. The number of anilines is 1. The second kappa shape index (κ2) is 5.12. The Bertz CT molecular complexity index is 635. The number of rotatable bonds is 4. The fourth-order valence-electron chi connectivity index (χ4n) is 1.33. The number of nitrogens with zero attached hydrogens (tertiary/aromatic N) is 5. The van der Waals surface area contributed by atoms with Gasteiger partial charge in [-0.15, -0.1) is 10.2 Å². The average molecular weight is 261 g/mol. The molecule has 0 radical (unpaired) electrons. The number of nitrogens with two attached hydrogens (primary N) is 1. The molecule has 0 saturated carbocycles. The highest BCUT2D eigenvalue weighted by atomic mass is 16.6. The largest absolute Gasteiger partial charge is 0.335 e. The van der Waals surface area contributed by atoms with Crippen molar-refractivity contribution in [3.63, 3.8) is 0 Å². The summed E-state index contributed by atoms with van der Waals surface area (Å²) >= 11 is 0. The predicted molar refractivity (Wildman–Crippen MR) is 69.2 cm³/mol. The number of aryl methyl sites for hydroxylation is 1. The van der Waals surface area contributed by atoms with Crippen molar-refractivity contribution in [1.82, 2.24) is 14.9 Å². The van der Waals surface area contributed by atoms with Crippen molar-refractivity contribution in [1.29, 1.82) is 0 Å². The maximum Gasteiger partial charge on any atom is 0.270 e. The molecular formula is C10H11N7O2. The van der Waals surface area contributed by atoms with Gasteiger partial charge < -0.3 is 5.84 Å². The normalized spacial score (nSPS) is 10.8. The lowest BCUT2D eigenvalue weighted by molar-refractivity contribution is -0.384. The SMILES string of the molecule is Cc1nnc(N/N=C/c2cccc([N+](=O)[O-])c2)n1N. The molecule has 9 heteroatoms. The highest BCUT2D eigenvalue weighted by Crippen LogP contribution is 2.11. The lowest BCUT2D eigenvalue weighted by atomic mass is 10.2. The van der Waals surface area contributed by atoms with Crippen LogP contribution in [0.25, 0.3) is 0 Å². The molecule has 0 spiro atoms. The molecule has 0 fully saturated rings. The second-order valence-corrected chi connectivity index (χ2v) is 3.66. The Morgan fingerprint density at radius 1 is 1.53 bits per heavy atom. The van der Waals surface area contributed by atoms with Crippen LogP contribution in [0.5, 0.6) is 0 Å². The molecule has 0 unspecified atom stereocenters. The zero-order valence-corrected chi connectivity index (χ0v) is 10.0. The van der Waals surface area contributed by atoms with E-state index < -0.39 is 4.92 Å². The lowest BCUT2D eigenvalue weighted by Gasteiger charge is -1.99. The highest BCUT2D eigenvalue weighted by molar-refractivity contribution is 5.81. The van der Waals surface area contributed by atoms with Crippen LogP contribution in [0.4, 0.5) is 11.6 Å². The second-order valence-electron chi connectivity index (χ2n) is 3.66. The third-order valence-electron chi connectivity index (χ3n) is 2.33. The molecule has 1 aromatic heterocycles. The number of non-ortho nitro benzene ring substituents is 1. The number of benzene rings is 1. The van der Waals surface area contributed by atoms with Crippen molar-refractivity contribution in [2.75, 3.05) is 11.3 Å². The van der Waals surface area contributed by atoms with E-state index in [0.717, 1.165) is 0 Å². The molecule has 1 aromatic carbocycles. The summed E-state index contributed by atoms with van der Waals surface area (Å²) in [4.78, 5) is 10.1. The average Bonchev–Trinajstić information content (AvgIpc) is 2.71. The minimum Gasteiger partial charge on any atom is -0.335 e. The molecule has 2 rings (SSSR count). The van der Waals surface area contributed by atoms with Gasteiger partial charge in [0.15, 0.2) is 5.82 Å². The van der Waals surface area contributed by atoms with Gasteiger partial charge in [-0.05, 0) is 6.92 Å². The summed E-state index contributed by atoms with van der Waals surface area (Å²) in [5.41, 5.74) is 3.18. The van der Waals surface area contributed by atoms with Crippen molar-refractivity contribution >= 4 is 17.9 Å². The number of nitrogens with one attached hydrogen (secondary N) is 1. The molecule has 0 atom stereocenters. The van der Waals surface area contributed by atoms with Gasteiger partial charge in [0.1, 0.15) is 0 Å². The Morgan fingerprint density at radius 3 is 2.95 bits per heavy atom. The van der Waals surface area contributed by atoms with E-state index in [9.17, 15) is 10.1 Å². The van der Waals surface area contributed by atoms with Gasteiger partial charge in [-0.2, -0.15) is 5.10 Å². The van der Waals surface area contributed by atoms with Crippen LogP contribution in [0.2, 0.25) is 0 Å².